The van der Waals surface area contributed by atoms with Gasteiger partial charge in [-0.1, -0.05) is 188 Å². The van der Waals surface area contributed by atoms with Crippen LogP contribution < -0.4 is 15.9 Å². The third-order valence-electron chi connectivity index (χ3n) is 11.6. The van der Waals surface area contributed by atoms with Crippen LogP contribution in [0.3, 0.4) is 0 Å². The summed E-state index contributed by atoms with van der Waals surface area (Å²) < 4.78 is 15.2. The van der Waals surface area contributed by atoms with Gasteiger partial charge < -0.3 is 4.57 Å². The molecule has 8 aromatic carbocycles. The maximum absolute atomic E-state index is 15.2. The summed E-state index contributed by atoms with van der Waals surface area (Å²) in [4.78, 5) is 5.36. The third-order valence-corrected chi connectivity index (χ3v) is 14.6. The van der Waals surface area contributed by atoms with Crippen LogP contribution in [-0.4, -0.2) is 4.98 Å². The molecule has 0 saturated carbocycles. The predicted molar refractivity (Wildman–Crippen MR) is 220 cm³/mol. The lowest BCUT2D eigenvalue weighted by Crippen LogP contribution is -2.25. The molecule has 3 heteroatoms. The lowest BCUT2D eigenvalue weighted by molar-refractivity contribution is 0.592. The maximum atomic E-state index is 15.2. The van der Waals surface area contributed by atoms with E-state index in [2.05, 4.69) is 121 Å². The fraction of sp³-hybridized carbons (Fsp3) is 0.0200. The van der Waals surface area contributed by atoms with Crippen LogP contribution in [0.15, 0.2) is 194 Å². The van der Waals surface area contributed by atoms with Gasteiger partial charge in [0.05, 0.1) is 16.6 Å². The molecule has 0 aliphatic heterocycles. The van der Waals surface area contributed by atoms with Crippen molar-refractivity contribution in [2.45, 2.75) is 5.41 Å². The summed E-state index contributed by atoms with van der Waals surface area (Å²) in [6.45, 7) is 0. The van der Waals surface area contributed by atoms with Gasteiger partial charge >= 0.3 is 0 Å². The van der Waals surface area contributed by atoms with E-state index in [1.165, 1.54) is 49.9 Å². The Hall–Kier alpha value is -6.34. The van der Waals surface area contributed by atoms with Crippen molar-refractivity contribution in [1.82, 2.24) is 4.98 Å². The van der Waals surface area contributed by atoms with Crippen LogP contribution in [0.25, 0.3) is 55.2 Å². The van der Waals surface area contributed by atoms with Crippen molar-refractivity contribution in [3.8, 4) is 33.5 Å². The molecule has 0 bridgehead atoms. The molecule has 11 rings (SSSR count). The van der Waals surface area contributed by atoms with Gasteiger partial charge in [-0.05, 0) is 50.6 Å². The molecule has 2 aliphatic rings. The lowest BCUT2D eigenvalue weighted by Gasteiger charge is -2.30. The topological polar surface area (TPSA) is 30.0 Å². The highest BCUT2D eigenvalue weighted by atomic mass is 31.2. The molecule has 0 atom stereocenters. The average Bonchev–Trinajstić information content (AvgIpc) is 3.71. The van der Waals surface area contributed by atoms with E-state index in [9.17, 15) is 0 Å². The lowest BCUT2D eigenvalue weighted by atomic mass is 9.70. The number of rotatable bonds is 4. The molecule has 53 heavy (non-hydrogen) atoms. The number of nitrogens with zero attached hydrogens (tertiary/aromatic N) is 1. The molecular formula is C50H32NOP. The molecule has 0 amide bonds. The van der Waals surface area contributed by atoms with Crippen LogP contribution in [0.2, 0.25) is 0 Å². The molecular weight excluding hydrogens is 662 g/mol. The number of pyridine rings is 1. The van der Waals surface area contributed by atoms with Gasteiger partial charge in [-0.25, -0.2) is 4.98 Å². The minimum Gasteiger partial charge on any atom is -0.309 e. The Morgan fingerprint density at radius 1 is 0.396 bits per heavy atom. The molecule has 1 aromatic heterocycles. The number of aromatic nitrogens is 1. The van der Waals surface area contributed by atoms with E-state index in [1.807, 2.05) is 72.8 Å². The molecule has 0 radical (unpaired) electrons. The Morgan fingerprint density at radius 2 is 0.887 bits per heavy atom. The van der Waals surface area contributed by atoms with E-state index in [1.54, 1.807) is 0 Å². The molecule has 9 aromatic rings. The molecule has 1 spiro atoms. The minimum absolute atomic E-state index is 0.421. The number of hydrogen-bond donors (Lipinski definition) is 0. The van der Waals surface area contributed by atoms with Gasteiger partial charge in [0.25, 0.3) is 0 Å². The second-order valence-corrected chi connectivity index (χ2v) is 16.9. The Kier molecular flexibility index (Phi) is 6.48. The highest BCUT2D eigenvalue weighted by molar-refractivity contribution is 7.85. The van der Waals surface area contributed by atoms with Gasteiger partial charge in [-0.3, -0.25) is 0 Å². The van der Waals surface area contributed by atoms with Crippen molar-refractivity contribution < 1.29 is 4.57 Å². The zero-order valence-electron chi connectivity index (χ0n) is 28.8. The van der Waals surface area contributed by atoms with Crippen molar-refractivity contribution in [3.63, 3.8) is 0 Å². The second-order valence-electron chi connectivity index (χ2n) is 14.1. The van der Waals surface area contributed by atoms with E-state index < -0.39 is 12.6 Å². The Bertz CT molecular complexity index is 2880. The summed E-state index contributed by atoms with van der Waals surface area (Å²) >= 11 is 0. The molecule has 0 fully saturated rings. The standard InChI is InChI=1S/C50H32NOP/c52-53(34-15-3-1-4-16-34,35-17-5-2-6-18-35)36-29-27-33(28-30-36)49-41-31-32-45-48(47(41)40-22-10-14-26-46(40)51-49)39-21-9-13-25-44(39)50(45)42-23-11-7-19-37(42)38-20-8-12-24-43(38)50/h1-32H. The van der Waals surface area contributed by atoms with Crippen molar-refractivity contribution in [1.29, 1.82) is 0 Å². The Morgan fingerprint density at radius 3 is 1.51 bits per heavy atom. The first kappa shape index (κ1) is 30.3. The van der Waals surface area contributed by atoms with Gasteiger partial charge in [0.15, 0.2) is 7.14 Å². The molecule has 0 saturated heterocycles. The van der Waals surface area contributed by atoms with Crippen LogP contribution in [-0.2, 0) is 9.98 Å². The SMILES string of the molecule is O=P(c1ccccc1)(c1ccccc1)c1ccc(-c2nc3ccccc3c3c4c(ccc23)C2(c3ccccc3-c3ccccc32)c2ccccc2-4)cc1. The monoisotopic (exact) mass is 693 g/mol. The molecule has 248 valence electrons. The smallest absolute Gasteiger partial charge is 0.171 e. The van der Waals surface area contributed by atoms with Crippen molar-refractivity contribution in [2.24, 2.45) is 0 Å². The Labute approximate surface area is 308 Å². The first-order valence-electron chi connectivity index (χ1n) is 18.2. The molecule has 1 heterocycles. The minimum atomic E-state index is -3.11. The van der Waals surface area contributed by atoms with Crippen molar-refractivity contribution in [2.75, 3.05) is 0 Å². The first-order chi connectivity index (χ1) is 26.2. The van der Waals surface area contributed by atoms with Crippen LogP contribution in [0.4, 0.5) is 0 Å². The summed E-state index contributed by atoms with van der Waals surface area (Å²) in [7, 11) is -3.11. The molecule has 0 unspecified atom stereocenters. The first-order valence-corrected chi connectivity index (χ1v) is 19.9. The summed E-state index contributed by atoms with van der Waals surface area (Å²) in [5.74, 6) is 0. The Balaban J connectivity index is 1.18. The van der Waals surface area contributed by atoms with Crippen LogP contribution in [0.5, 0.6) is 0 Å². The van der Waals surface area contributed by atoms with Crippen LogP contribution in [0.1, 0.15) is 22.3 Å². The van der Waals surface area contributed by atoms with Gasteiger partial charge in [0, 0.05) is 37.6 Å². The molecule has 2 aliphatic carbocycles. The van der Waals surface area contributed by atoms with Crippen LogP contribution in [0, 0.1) is 0 Å². The highest BCUT2D eigenvalue weighted by Gasteiger charge is 2.52. The number of fused-ring (bicyclic) bond motifs is 14. The fourth-order valence-electron chi connectivity index (χ4n) is 9.40. The van der Waals surface area contributed by atoms with Crippen LogP contribution >= 0.6 is 7.14 Å². The maximum Gasteiger partial charge on any atom is 0.171 e. The second kappa shape index (κ2) is 11.3. The van der Waals surface area contributed by atoms with Gasteiger partial charge in [0.2, 0.25) is 0 Å². The normalized spacial score (nSPS) is 13.5. The summed E-state index contributed by atoms with van der Waals surface area (Å²) in [5, 5.41) is 5.93. The van der Waals surface area contributed by atoms with Crippen molar-refractivity contribution in [3.05, 3.63) is 216 Å². The van der Waals surface area contributed by atoms with Crippen molar-refractivity contribution >= 4 is 44.7 Å². The zero-order chi connectivity index (χ0) is 35.1. The average molecular weight is 694 g/mol. The summed E-state index contributed by atoms with van der Waals surface area (Å²) in [5.41, 5.74) is 12.9. The van der Waals surface area contributed by atoms with E-state index in [0.717, 1.165) is 43.5 Å². The van der Waals surface area contributed by atoms with Gasteiger partial charge in [0.1, 0.15) is 0 Å². The summed E-state index contributed by atoms with van der Waals surface area (Å²) in [6, 6.07) is 68.1. The zero-order valence-corrected chi connectivity index (χ0v) is 29.7. The molecule has 0 N–H and O–H groups in total. The predicted octanol–water partition coefficient (Wildman–Crippen LogP) is 11.0. The number of hydrogen-bond acceptors (Lipinski definition) is 2. The highest BCUT2D eigenvalue weighted by Crippen LogP contribution is 2.64. The van der Waals surface area contributed by atoms with E-state index in [-0.39, 0.29) is 0 Å². The van der Waals surface area contributed by atoms with E-state index in [0.29, 0.717) is 0 Å². The van der Waals surface area contributed by atoms with E-state index in [4.69, 9.17) is 4.98 Å². The van der Waals surface area contributed by atoms with Gasteiger partial charge in [-0.15, -0.1) is 0 Å². The van der Waals surface area contributed by atoms with Gasteiger partial charge in [-0.2, -0.15) is 0 Å². The number of para-hydroxylation sites is 1. The quantitative estimate of drug-likeness (QED) is 0.136. The summed E-state index contributed by atoms with van der Waals surface area (Å²) in [6.07, 6.45) is 0. The number of benzene rings is 8. The fourth-order valence-corrected chi connectivity index (χ4v) is 12.0. The largest absolute Gasteiger partial charge is 0.309 e. The molecule has 2 nitrogen and oxygen atoms in total. The third kappa shape index (κ3) is 4.05. The van der Waals surface area contributed by atoms with E-state index >= 15 is 4.57 Å².